The molecule has 1 atom stereocenters. The second kappa shape index (κ2) is 5.33. The van der Waals surface area contributed by atoms with E-state index in [0.717, 1.165) is 6.07 Å². The van der Waals surface area contributed by atoms with E-state index in [2.05, 4.69) is 0 Å². The third kappa shape index (κ3) is 3.68. The van der Waals surface area contributed by atoms with Gasteiger partial charge >= 0.3 is 5.97 Å². The third-order valence-corrected chi connectivity index (χ3v) is 2.60. The van der Waals surface area contributed by atoms with Crippen molar-refractivity contribution in [3.63, 3.8) is 0 Å². The number of halogens is 3. The lowest BCUT2D eigenvalue weighted by Gasteiger charge is -2.09. The second-order valence-corrected chi connectivity index (χ2v) is 4.03. The van der Waals surface area contributed by atoms with E-state index >= 15 is 0 Å². The monoisotopic (exact) mass is 250 g/mol. The van der Waals surface area contributed by atoms with Gasteiger partial charge in [0.05, 0.1) is 5.38 Å². The minimum absolute atomic E-state index is 0.0871. The van der Waals surface area contributed by atoms with Gasteiger partial charge in [0.25, 0.3) is 0 Å². The van der Waals surface area contributed by atoms with Crippen LogP contribution in [-0.2, 0) is 4.79 Å². The Kier molecular flexibility index (Phi) is 4.36. The van der Waals surface area contributed by atoms with Crippen molar-refractivity contribution in [2.45, 2.75) is 18.2 Å². The summed E-state index contributed by atoms with van der Waals surface area (Å²) in [6.45, 7) is 0. The van der Waals surface area contributed by atoms with Gasteiger partial charge in [0, 0.05) is 17.0 Å². The largest absolute Gasteiger partial charge is 0.481 e. The minimum atomic E-state index is -0.949. The predicted molar refractivity (Wildman–Crippen MR) is 56.9 cm³/mol. The highest BCUT2D eigenvalue weighted by Crippen LogP contribution is 2.29. The summed E-state index contributed by atoms with van der Waals surface area (Å²) in [6.07, 6.45) is 0.103. The molecule has 0 spiro atoms. The van der Waals surface area contributed by atoms with E-state index < -0.39 is 17.2 Å². The Morgan fingerprint density at radius 1 is 1.53 bits per heavy atom. The van der Waals surface area contributed by atoms with Crippen LogP contribution in [0.1, 0.15) is 23.8 Å². The predicted octanol–water partition coefficient (Wildman–Crippen LogP) is 3.62. The topological polar surface area (TPSA) is 37.3 Å². The molecule has 0 amide bonds. The summed E-state index contributed by atoms with van der Waals surface area (Å²) in [4.78, 5) is 10.3. The average molecular weight is 251 g/mol. The molecule has 0 aliphatic carbocycles. The fourth-order valence-corrected chi connectivity index (χ4v) is 1.61. The van der Waals surface area contributed by atoms with Crippen molar-refractivity contribution in [2.75, 3.05) is 0 Å². The smallest absolute Gasteiger partial charge is 0.303 e. The van der Waals surface area contributed by atoms with E-state index in [1.807, 2.05) is 0 Å². The number of carboxylic acids is 1. The zero-order valence-electron chi connectivity index (χ0n) is 7.71. The number of alkyl halides is 1. The van der Waals surface area contributed by atoms with Crippen molar-refractivity contribution in [3.05, 3.63) is 34.6 Å². The van der Waals surface area contributed by atoms with E-state index in [1.165, 1.54) is 12.1 Å². The Hall–Kier alpha value is -0.800. The number of carbonyl (C=O) groups is 1. The van der Waals surface area contributed by atoms with Crippen LogP contribution in [0.2, 0.25) is 5.02 Å². The van der Waals surface area contributed by atoms with Crippen molar-refractivity contribution in [1.82, 2.24) is 0 Å². The number of rotatable bonds is 4. The molecule has 0 saturated heterocycles. The fraction of sp³-hybridized carbons (Fsp3) is 0.300. The standard InChI is InChI=1S/C10H9Cl2FO2/c11-6-1-2-7(9(13)5-6)8(12)3-4-10(14)15/h1-2,5,8H,3-4H2,(H,14,15). The highest BCUT2D eigenvalue weighted by molar-refractivity contribution is 6.30. The van der Waals surface area contributed by atoms with Gasteiger partial charge in [-0.25, -0.2) is 4.39 Å². The van der Waals surface area contributed by atoms with E-state index in [-0.39, 0.29) is 18.4 Å². The van der Waals surface area contributed by atoms with Gasteiger partial charge in [-0.15, -0.1) is 11.6 Å². The van der Waals surface area contributed by atoms with Gasteiger partial charge in [0.1, 0.15) is 5.82 Å². The van der Waals surface area contributed by atoms with Crippen LogP contribution in [0.4, 0.5) is 4.39 Å². The highest BCUT2D eigenvalue weighted by atomic mass is 35.5. The Balaban J connectivity index is 2.73. The molecule has 0 radical (unpaired) electrons. The van der Waals surface area contributed by atoms with Gasteiger partial charge in [-0.3, -0.25) is 4.79 Å². The van der Waals surface area contributed by atoms with Gasteiger partial charge in [-0.2, -0.15) is 0 Å². The molecule has 0 aliphatic rings. The molecule has 2 nitrogen and oxygen atoms in total. The molecule has 0 heterocycles. The summed E-state index contributed by atoms with van der Waals surface area (Å²) < 4.78 is 13.3. The molecule has 1 aromatic carbocycles. The molecule has 0 aliphatic heterocycles. The molecule has 15 heavy (non-hydrogen) atoms. The summed E-state index contributed by atoms with van der Waals surface area (Å²) >= 11 is 11.4. The maximum atomic E-state index is 13.3. The molecule has 82 valence electrons. The van der Waals surface area contributed by atoms with Crippen molar-refractivity contribution < 1.29 is 14.3 Å². The molecule has 0 bridgehead atoms. The van der Waals surface area contributed by atoms with Gasteiger partial charge < -0.3 is 5.11 Å². The maximum Gasteiger partial charge on any atom is 0.303 e. The van der Waals surface area contributed by atoms with E-state index in [1.54, 1.807) is 0 Å². The maximum absolute atomic E-state index is 13.3. The van der Waals surface area contributed by atoms with E-state index in [0.29, 0.717) is 5.02 Å². The molecule has 1 rings (SSSR count). The van der Waals surface area contributed by atoms with Crippen LogP contribution < -0.4 is 0 Å². The molecule has 1 unspecified atom stereocenters. The molecular weight excluding hydrogens is 242 g/mol. The Morgan fingerprint density at radius 3 is 2.73 bits per heavy atom. The molecule has 0 aromatic heterocycles. The normalized spacial score (nSPS) is 12.5. The van der Waals surface area contributed by atoms with Crippen LogP contribution in [0.15, 0.2) is 18.2 Å². The highest BCUT2D eigenvalue weighted by Gasteiger charge is 2.14. The first-order chi connectivity index (χ1) is 7.00. The first-order valence-electron chi connectivity index (χ1n) is 4.31. The number of benzene rings is 1. The van der Waals surface area contributed by atoms with Crippen molar-refractivity contribution >= 4 is 29.2 Å². The Labute approximate surface area is 96.6 Å². The number of aliphatic carboxylic acids is 1. The number of hydrogen-bond acceptors (Lipinski definition) is 1. The molecule has 1 aromatic rings. The van der Waals surface area contributed by atoms with Crippen LogP contribution in [0.25, 0.3) is 0 Å². The average Bonchev–Trinajstić information content (AvgIpc) is 2.14. The van der Waals surface area contributed by atoms with Crippen LogP contribution in [-0.4, -0.2) is 11.1 Å². The number of carboxylic acid groups (broad SMARTS) is 1. The number of hydrogen-bond donors (Lipinski definition) is 1. The molecule has 0 fully saturated rings. The minimum Gasteiger partial charge on any atom is -0.481 e. The first kappa shape index (κ1) is 12.3. The summed E-state index contributed by atoms with van der Waals surface area (Å²) in [5, 5.41) is 8.10. The second-order valence-electron chi connectivity index (χ2n) is 3.07. The Morgan fingerprint density at radius 2 is 2.20 bits per heavy atom. The summed E-state index contributed by atoms with van der Waals surface area (Å²) in [5.74, 6) is -1.46. The fourth-order valence-electron chi connectivity index (χ4n) is 1.16. The SMILES string of the molecule is O=C(O)CCC(Cl)c1ccc(Cl)cc1F. The van der Waals surface area contributed by atoms with E-state index in [9.17, 15) is 9.18 Å². The third-order valence-electron chi connectivity index (χ3n) is 1.91. The molecule has 5 heteroatoms. The van der Waals surface area contributed by atoms with Crippen molar-refractivity contribution in [3.8, 4) is 0 Å². The van der Waals surface area contributed by atoms with E-state index in [4.69, 9.17) is 28.3 Å². The van der Waals surface area contributed by atoms with Gasteiger partial charge in [-0.05, 0) is 18.6 Å². The lowest BCUT2D eigenvalue weighted by Crippen LogP contribution is -2.00. The quantitative estimate of drug-likeness (QED) is 0.829. The van der Waals surface area contributed by atoms with Gasteiger partial charge in [0.15, 0.2) is 0 Å². The lowest BCUT2D eigenvalue weighted by atomic mass is 10.1. The summed E-state index contributed by atoms with van der Waals surface area (Å²) in [6, 6.07) is 4.15. The van der Waals surface area contributed by atoms with Gasteiger partial charge in [0.2, 0.25) is 0 Å². The lowest BCUT2D eigenvalue weighted by molar-refractivity contribution is -0.137. The Bertz CT molecular complexity index is 368. The van der Waals surface area contributed by atoms with Crippen LogP contribution >= 0.6 is 23.2 Å². The summed E-state index contributed by atoms with van der Waals surface area (Å²) in [5.41, 5.74) is 0.280. The zero-order valence-corrected chi connectivity index (χ0v) is 9.22. The van der Waals surface area contributed by atoms with Crippen molar-refractivity contribution in [1.29, 1.82) is 0 Å². The molecular formula is C10H9Cl2FO2. The zero-order chi connectivity index (χ0) is 11.4. The van der Waals surface area contributed by atoms with Crippen LogP contribution in [0.3, 0.4) is 0 Å². The van der Waals surface area contributed by atoms with Crippen LogP contribution in [0.5, 0.6) is 0 Å². The van der Waals surface area contributed by atoms with Crippen molar-refractivity contribution in [2.24, 2.45) is 0 Å². The first-order valence-corrected chi connectivity index (χ1v) is 5.13. The van der Waals surface area contributed by atoms with Gasteiger partial charge in [-0.1, -0.05) is 17.7 Å². The summed E-state index contributed by atoms with van der Waals surface area (Å²) in [7, 11) is 0. The molecule has 1 N–H and O–H groups in total. The molecule has 0 saturated carbocycles. The van der Waals surface area contributed by atoms with Crippen LogP contribution in [0, 0.1) is 5.82 Å².